The van der Waals surface area contributed by atoms with Gasteiger partial charge in [-0.05, 0) is 116 Å². The van der Waals surface area contributed by atoms with Gasteiger partial charge in [0.2, 0.25) is 5.91 Å². The molecule has 2 aliphatic heterocycles. The number of amides is 1. The number of benzene rings is 2. The number of hydrogen-bond donors (Lipinski definition) is 1. The summed E-state index contributed by atoms with van der Waals surface area (Å²) in [5, 5.41) is 3.32. The van der Waals surface area contributed by atoms with Gasteiger partial charge in [0.05, 0.1) is 13.0 Å². The molecule has 1 amide bonds. The number of hydrogen-bond acceptors (Lipinski definition) is 4. The van der Waals surface area contributed by atoms with Crippen molar-refractivity contribution < 1.29 is 31.8 Å². The van der Waals surface area contributed by atoms with Gasteiger partial charge in [0.1, 0.15) is 23.9 Å². The van der Waals surface area contributed by atoms with Crippen molar-refractivity contribution in [2.45, 2.75) is 90.6 Å². The molecule has 51 heavy (non-hydrogen) atoms. The molecule has 9 heteroatoms. The van der Waals surface area contributed by atoms with Crippen LogP contribution >= 0.6 is 0 Å². The number of anilines is 1. The minimum absolute atomic E-state index is 0.0656. The average Bonchev–Trinajstić information content (AvgIpc) is 3.13. The van der Waals surface area contributed by atoms with Crippen LogP contribution in [0.3, 0.4) is 0 Å². The highest BCUT2D eigenvalue weighted by molar-refractivity contribution is 6.00. The van der Waals surface area contributed by atoms with Gasteiger partial charge in [-0.3, -0.25) is 4.79 Å². The SMILES string of the molecule is C=CC(=O)N1CCCC(OC(/C=C\C(=C/C)C(=C(\CC(F)(F)F)c2ccccc2)\c2ccc(NC3CCCCO3)c(/C(F)=C/CC)c2)=C\CC)C1. The zero-order valence-corrected chi connectivity index (χ0v) is 29.9. The molecule has 5 nitrogen and oxygen atoms in total. The van der Waals surface area contributed by atoms with Gasteiger partial charge in [0, 0.05) is 24.4 Å². The lowest BCUT2D eigenvalue weighted by molar-refractivity contribution is -0.129. The Hall–Kier alpha value is -4.37. The second kappa shape index (κ2) is 19.3. The molecule has 2 aromatic rings. The van der Waals surface area contributed by atoms with Gasteiger partial charge >= 0.3 is 6.18 Å². The number of carbonyl (C=O) groups excluding carboxylic acids is 1. The first-order valence-corrected chi connectivity index (χ1v) is 17.9. The van der Waals surface area contributed by atoms with Crippen LogP contribution < -0.4 is 5.32 Å². The van der Waals surface area contributed by atoms with Crippen LogP contribution in [0.25, 0.3) is 17.0 Å². The summed E-state index contributed by atoms with van der Waals surface area (Å²) in [6.07, 6.45) is 9.03. The summed E-state index contributed by atoms with van der Waals surface area (Å²) < 4.78 is 71.4. The number of nitrogens with one attached hydrogen (secondary N) is 1. The maximum atomic E-state index is 15.8. The molecule has 2 unspecified atom stereocenters. The zero-order valence-electron chi connectivity index (χ0n) is 29.9. The number of nitrogens with zero attached hydrogens (tertiary/aromatic N) is 1. The summed E-state index contributed by atoms with van der Waals surface area (Å²) in [5.41, 5.74) is 2.53. The van der Waals surface area contributed by atoms with E-state index in [4.69, 9.17) is 9.47 Å². The molecular weight excluding hydrogens is 656 g/mol. The van der Waals surface area contributed by atoms with Crippen LogP contribution in [0.1, 0.15) is 88.8 Å². The maximum absolute atomic E-state index is 15.8. The number of halogens is 4. The predicted molar refractivity (Wildman–Crippen MR) is 199 cm³/mol. The van der Waals surface area contributed by atoms with E-state index in [9.17, 15) is 18.0 Å². The molecule has 2 atom stereocenters. The van der Waals surface area contributed by atoms with Gasteiger partial charge in [-0.2, -0.15) is 13.2 Å². The fourth-order valence-electron chi connectivity index (χ4n) is 6.44. The van der Waals surface area contributed by atoms with Crippen LogP contribution in [0.5, 0.6) is 0 Å². The maximum Gasteiger partial charge on any atom is 0.393 e. The van der Waals surface area contributed by atoms with Crippen molar-refractivity contribution in [2.24, 2.45) is 0 Å². The summed E-state index contributed by atoms with van der Waals surface area (Å²) in [5.74, 6) is -0.0680. The molecule has 2 saturated heterocycles. The highest BCUT2D eigenvalue weighted by Gasteiger charge is 2.32. The van der Waals surface area contributed by atoms with Crippen molar-refractivity contribution in [3.8, 4) is 0 Å². The Morgan fingerprint density at radius 1 is 1.02 bits per heavy atom. The van der Waals surface area contributed by atoms with Gasteiger partial charge < -0.3 is 19.7 Å². The molecule has 0 radical (unpaired) electrons. The Bertz CT molecular complexity index is 1630. The number of carbonyl (C=O) groups is 1. The van der Waals surface area contributed by atoms with Crippen molar-refractivity contribution in [3.05, 3.63) is 120 Å². The van der Waals surface area contributed by atoms with Crippen LogP contribution in [-0.2, 0) is 14.3 Å². The van der Waals surface area contributed by atoms with Crippen LogP contribution in [-0.4, -0.2) is 49.0 Å². The topological polar surface area (TPSA) is 50.8 Å². The molecule has 2 aliphatic rings. The van der Waals surface area contributed by atoms with Crippen molar-refractivity contribution in [2.75, 3.05) is 25.0 Å². The summed E-state index contributed by atoms with van der Waals surface area (Å²) in [7, 11) is 0. The lowest BCUT2D eigenvalue weighted by Crippen LogP contribution is -2.42. The summed E-state index contributed by atoms with van der Waals surface area (Å²) >= 11 is 0. The van der Waals surface area contributed by atoms with Crippen LogP contribution in [0, 0.1) is 0 Å². The minimum atomic E-state index is -4.53. The first-order chi connectivity index (χ1) is 24.6. The van der Waals surface area contributed by atoms with E-state index in [1.54, 1.807) is 78.6 Å². The van der Waals surface area contributed by atoms with Gasteiger partial charge in [-0.15, -0.1) is 0 Å². The fraction of sp³-hybridized carbons (Fsp3) is 0.405. The highest BCUT2D eigenvalue weighted by Crippen LogP contribution is 2.42. The Kier molecular flexibility index (Phi) is 14.9. The number of likely N-dealkylation sites (tertiary alicyclic amines) is 1. The second-order valence-electron chi connectivity index (χ2n) is 12.7. The molecule has 0 bridgehead atoms. The van der Waals surface area contributed by atoms with E-state index in [1.165, 1.54) is 12.2 Å². The standard InChI is InChI=1S/C42H50F4N2O3/c1-5-15-33(51-34-19-14-25-48(29-34)40(49)8-4)23-21-30(7-3)41(36(28-42(44,45)46)31-17-10-9-11-18-31)32-22-24-38(35(27-32)37(43)16-6-2)47-39-20-12-13-26-50-39/h7-11,15-18,21-24,27,34,39,47H,4-6,12-14,19-20,25-26,28-29H2,1-3H3/b23-21-,30-7+,33-15-,37-16-,41-36+. The predicted octanol–water partition coefficient (Wildman–Crippen LogP) is 11.2. The highest BCUT2D eigenvalue weighted by atomic mass is 19.4. The van der Waals surface area contributed by atoms with E-state index in [-0.39, 0.29) is 29.4 Å². The fourth-order valence-corrected chi connectivity index (χ4v) is 6.44. The van der Waals surface area contributed by atoms with Gasteiger partial charge in [-0.25, -0.2) is 4.39 Å². The van der Waals surface area contributed by atoms with Crippen molar-refractivity contribution >= 4 is 28.6 Å². The summed E-state index contributed by atoms with van der Waals surface area (Å²) in [6, 6.07) is 13.6. The van der Waals surface area contributed by atoms with E-state index >= 15 is 4.39 Å². The van der Waals surface area contributed by atoms with E-state index in [2.05, 4.69) is 11.9 Å². The Labute approximate surface area is 300 Å². The number of ether oxygens (including phenoxy) is 2. The van der Waals surface area contributed by atoms with E-state index in [1.807, 2.05) is 19.9 Å². The van der Waals surface area contributed by atoms with Crippen LogP contribution in [0.4, 0.5) is 23.2 Å². The molecule has 2 aromatic carbocycles. The molecule has 1 N–H and O–H groups in total. The summed E-state index contributed by atoms with van der Waals surface area (Å²) in [4.78, 5) is 14.0. The normalized spacial score (nSPS) is 19.9. The number of alkyl halides is 3. The van der Waals surface area contributed by atoms with Crippen LogP contribution in [0.15, 0.2) is 103 Å². The third-order valence-electron chi connectivity index (χ3n) is 8.85. The van der Waals surface area contributed by atoms with E-state index in [0.717, 1.165) is 32.1 Å². The molecule has 0 saturated carbocycles. The van der Waals surface area contributed by atoms with E-state index in [0.29, 0.717) is 66.3 Å². The quantitative estimate of drug-likeness (QED) is 0.0699. The van der Waals surface area contributed by atoms with Crippen LogP contribution in [0.2, 0.25) is 0 Å². The molecule has 2 fully saturated rings. The molecule has 0 aromatic heterocycles. The number of rotatable bonds is 14. The monoisotopic (exact) mass is 706 g/mol. The summed E-state index contributed by atoms with van der Waals surface area (Å²) in [6.45, 7) is 10.8. The second-order valence-corrected chi connectivity index (χ2v) is 12.7. The van der Waals surface area contributed by atoms with Crippen molar-refractivity contribution in [1.82, 2.24) is 4.90 Å². The zero-order chi connectivity index (χ0) is 36.8. The van der Waals surface area contributed by atoms with Crippen molar-refractivity contribution in [3.63, 3.8) is 0 Å². The van der Waals surface area contributed by atoms with Gasteiger partial charge in [0.25, 0.3) is 0 Å². The minimum Gasteiger partial charge on any atom is -0.489 e. The third kappa shape index (κ3) is 11.6. The molecular formula is C42H50F4N2O3. The third-order valence-corrected chi connectivity index (χ3v) is 8.85. The van der Waals surface area contributed by atoms with Gasteiger partial charge in [0.15, 0.2) is 0 Å². The molecule has 4 rings (SSSR count). The first-order valence-electron chi connectivity index (χ1n) is 17.9. The lowest BCUT2D eigenvalue weighted by Gasteiger charge is -2.32. The lowest BCUT2D eigenvalue weighted by atomic mass is 9.86. The number of piperidine rings is 1. The number of allylic oxidation sites excluding steroid dienone is 8. The largest absolute Gasteiger partial charge is 0.489 e. The average molecular weight is 707 g/mol. The Balaban J connectivity index is 1.85. The Morgan fingerprint density at radius 2 is 1.78 bits per heavy atom. The van der Waals surface area contributed by atoms with E-state index < -0.39 is 18.4 Å². The molecule has 0 aliphatic carbocycles. The molecule has 274 valence electrons. The Morgan fingerprint density at radius 3 is 2.43 bits per heavy atom. The van der Waals surface area contributed by atoms with Crippen molar-refractivity contribution in [1.29, 1.82) is 0 Å². The first kappa shape index (κ1) is 39.4. The molecule has 0 spiro atoms. The van der Waals surface area contributed by atoms with Gasteiger partial charge in [-0.1, -0.05) is 69.0 Å². The molecule has 2 heterocycles. The smallest absolute Gasteiger partial charge is 0.393 e.